The third-order valence-electron chi connectivity index (χ3n) is 4.59. The van der Waals surface area contributed by atoms with Crippen molar-refractivity contribution in [1.82, 2.24) is 4.90 Å². The quantitative estimate of drug-likeness (QED) is 0.818. The van der Waals surface area contributed by atoms with Crippen LogP contribution >= 0.6 is 0 Å². The summed E-state index contributed by atoms with van der Waals surface area (Å²) in [6.45, 7) is 9.86. The lowest BCUT2D eigenvalue weighted by molar-refractivity contribution is 0.122. The Morgan fingerprint density at radius 1 is 1.35 bits per heavy atom. The summed E-state index contributed by atoms with van der Waals surface area (Å²) in [5.41, 5.74) is 6.52. The highest BCUT2D eigenvalue weighted by Crippen LogP contribution is 2.32. The van der Waals surface area contributed by atoms with Crippen molar-refractivity contribution in [3.63, 3.8) is 0 Å². The Bertz CT molecular complexity index is 236. The number of nitrogens with zero attached hydrogens (tertiary/aromatic N) is 1. The molecule has 3 nitrogen and oxygen atoms in total. The first-order valence-corrected chi connectivity index (χ1v) is 7.14. The maximum absolute atomic E-state index is 6.00. The number of likely N-dealkylation sites (tertiary alicyclic amines) is 1. The number of hydrogen-bond donors (Lipinski definition) is 1. The second kappa shape index (κ2) is 5.68. The predicted octanol–water partition coefficient (Wildman–Crippen LogP) is 1.86. The minimum atomic E-state index is 0.514. The molecule has 0 saturated carbocycles. The molecule has 2 saturated heterocycles. The summed E-state index contributed by atoms with van der Waals surface area (Å²) in [5.74, 6) is 0.668. The van der Waals surface area contributed by atoms with Gasteiger partial charge in [0.1, 0.15) is 0 Å². The molecule has 17 heavy (non-hydrogen) atoms. The molecule has 0 aromatic carbocycles. The van der Waals surface area contributed by atoms with Gasteiger partial charge in [-0.25, -0.2) is 0 Å². The van der Waals surface area contributed by atoms with E-state index in [1.54, 1.807) is 0 Å². The second-order valence-electron chi connectivity index (χ2n) is 6.48. The van der Waals surface area contributed by atoms with Crippen molar-refractivity contribution < 1.29 is 4.74 Å². The van der Waals surface area contributed by atoms with E-state index in [1.165, 1.54) is 38.8 Å². The average Bonchev–Trinajstić information content (AvgIpc) is 2.73. The van der Waals surface area contributed by atoms with Crippen LogP contribution in [0.15, 0.2) is 0 Å². The summed E-state index contributed by atoms with van der Waals surface area (Å²) in [7, 11) is 0. The van der Waals surface area contributed by atoms with E-state index in [1.807, 2.05) is 0 Å². The monoisotopic (exact) mass is 240 g/mol. The molecule has 3 heteroatoms. The summed E-state index contributed by atoms with van der Waals surface area (Å²) in [6.07, 6.45) is 5.16. The van der Waals surface area contributed by atoms with Crippen LogP contribution < -0.4 is 5.73 Å². The molecule has 0 amide bonds. The van der Waals surface area contributed by atoms with Gasteiger partial charge in [-0.2, -0.15) is 0 Å². The Kier molecular flexibility index (Phi) is 4.45. The SMILES string of the molecule is CC1(C)CCCN(C(CN)C2CCOC2)CC1. The molecule has 2 rings (SSSR count). The lowest BCUT2D eigenvalue weighted by Gasteiger charge is -2.33. The van der Waals surface area contributed by atoms with Crippen molar-refractivity contribution >= 4 is 0 Å². The van der Waals surface area contributed by atoms with Crippen LogP contribution in [0.1, 0.15) is 39.5 Å². The van der Waals surface area contributed by atoms with Gasteiger partial charge in [0.15, 0.2) is 0 Å². The molecule has 2 unspecified atom stereocenters. The second-order valence-corrected chi connectivity index (χ2v) is 6.48. The van der Waals surface area contributed by atoms with E-state index in [0.717, 1.165) is 19.8 Å². The first kappa shape index (κ1) is 13.3. The highest BCUT2D eigenvalue weighted by molar-refractivity contribution is 4.86. The first-order valence-electron chi connectivity index (χ1n) is 7.14. The lowest BCUT2D eigenvalue weighted by atomic mass is 9.85. The molecular formula is C14H28N2O. The van der Waals surface area contributed by atoms with Gasteiger partial charge in [0.2, 0.25) is 0 Å². The summed E-state index contributed by atoms with van der Waals surface area (Å²) in [4.78, 5) is 2.63. The van der Waals surface area contributed by atoms with Gasteiger partial charge < -0.3 is 10.5 Å². The Morgan fingerprint density at radius 2 is 2.18 bits per heavy atom. The third kappa shape index (κ3) is 3.43. The van der Waals surface area contributed by atoms with Crippen LogP contribution in [0, 0.1) is 11.3 Å². The molecule has 0 bridgehead atoms. The van der Waals surface area contributed by atoms with Gasteiger partial charge in [-0.15, -0.1) is 0 Å². The number of rotatable bonds is 3. The van der Waals surface area contributed by atoms with Crippen LogP contribution in [-0.2, 0) is 4.74 Å². The predicted molar refractivity (Wildman–Crippen MR) is 71.0 cm³/mol. The van der Waals surface area contributed by atoms with Gasteiger partial charge in [-0.1, -0.05) is 13.8 Å². The molecule has 2 N–H and O–H groups in total. The van der Waals surface area contributed by atoms with Crippen molar-refractivity contribution in [3.8, 4) is 0 Å². The molecular weight excluding hydrogens is 212 g/mol. The van der Waals surface area contributed by atoms with Crippen LogP contribution in [0.5, 0.6) is 0 Å². The fourth-order valence-electron chi connectivity index (χ4n) is 3.27. The molecule has 2 fully saturated rings. The van der Waals surface area contributed by atoms with E-state index in [4.69, 9.17) is 10.5 Å². The fourth-order valence-corrected chi connectivity index (χ4v) is 3.27. The molecule has 0 spiro atoms. The van der Waals surface area contributed by atoms with Crippen LogP contribution in [0.2, 0.25) is 0 Å². The highest BCUT2D eigenvalue weighted by atomic mass is 16.5. The molecule has 2 atom stereocenters. The maximum Gasteiger partial charge on any atom is 0.0510 e. The minimum absolute atomic E-state index is 0.514. The molecule has 0 aromatic heterocycles. The Morgan fingerprint density at radius 3 is 2.82 bits per heavy atom. The van der Waals surface area contributed by atoms with E-state index in [2.05, 4.69) is 18.7 Å². The highest BCUT2D eigenvalue weighted by Gasteiger charge is 2.32. The van der Waals surface area contributed by atoms with Crippen molar-refractivity contribution in [2.24, 2.45) is 17.1 Å². The Hall–Kier alpha value is -0.120. The number of nitrogens with two attached hydrogens (primary N) is 1. The smallest absolute Gasteiger partial charge is 0.0510 e. The molecule has 2 aliphatic heterocycles. The summed E-state index contributed by atoms with van der Waals surface area (Å²) < 4.78 is 5.52. The van der Waals surface area contributed by atoms with Gasteiger partial charge in [0.05, 0.1) is 6.61 Å². The van der Waals surface area contributed by atoms with Crippen LogP contribution in [-0.4, -0.2) is 43.8 Å². The van der Waals surface area contributed by atoms with Crippen LogP contribution in [0.3, 0.4) is 0 Å². The molecule has 0 aliphatic carbocycles. The van der Waals surface area contributed by atoms with E-state index < -0.39 is 0 Å². The normalized spacial score (nSPS) is 32.3. The lowest BCUT2D eigenvalue weighted by Crippen LogP contribution is -2.46. The Labute approximate surface area is 106 Å². The molecule has 100 valence electrons. The van der Waals surface area contributed by atoms with Crippen molar-refractivity contribution in [2.75, 3.05) is 32.8 Å². The fraction of sp³-hybridized carbons (Fsp3) is 1.00. The third-order valence-corrected chi connectivity index (χ3v) is 4.59. The van der Waals surface area contributed by atoms with E-state index in [0.29, 0.717) is 17.4 Å². The molecule has 2 heterocycles. The minimum Gasteiger partial charge on any atom is -0.381 e. The topological polar surface area (TPSA) is 38.5 Å². The zero-order valence-corrected chi connectivity index (χ0v) is 11.5. The van der Waals surface area contributed by atoms with E-state index >= 15 is 0 Å². The number of hydrogen-bond acceptors (Lipinski definition) is 3. The standard InChI is InChI=1S/C14H28N2O/c1-14(2)5-3-7-16(8-6-14)13(10-15)12-4-9-17-11-12/h12-13H,3-11,15H2,1-2H3. The molecule has 2 aliphatic rings. The van der Waals surface area contributed by atoms with Gasteiger partial charge in [-0.3, -0.25) is 4.90 Å². The van der Waals surface area contributed by atoms with Gasteiger partial charge >= 0.3 is 0 Å². The summed E-state index contributed by atoms with van der Waals surface area (Å²) in [5, 5.41) is 0. The largest absolute Gasteiger partial charge is 0.381 e. The van der Waals surface area contributed by atoms with E-state index in [9.17, 15) is 0 Å². The van der Waals surface area contributed by atoms with Gasteiger partial charge in [0.25, 0.3) is 0 Å². The Balaban J connectivity index is 1.94. The molecule has 0 aromatic rings. The van der Waals surface area contributed by atoms with Gasteiger partial charge in [0, 0.05) is 25.1 Å². The summed E-state index contributed by atoms with van der Waals surface area (Å²) >= 11 is 0. The molecule has 0 radical (unpaired) electrons. The van der Waals surface area contributed by atoms with Crippen molar-refractivity contribution in [2.45, 2.75) is 45.6 Å². The zero-order valence-electron chi connectivity index (χ0n) is 11.5. The van der Waals surface area contributed by atoms with Crippen molar-refractivity contribution in [1.29, 1.82) is 0 Å². The zero-order chi connectivity index (χ0) is 12.3. The van der Waals surface area contributed by atoms with Crippen LogP contribution in [0.25, 0.3) is 0 Å². The number of ether oxygens (including phenoxy) is 1. The van der Waals surface area contributed by atoms with Crippen molar-refractivity contribution in [3.05, 3.63) is 0 Å². The van der Waals surface area contributed by atoms with Crippen LogP contribution in [0.4, 0.5) is 0 Å². The van der Waals surface area contributed by atoms with E-state index in [-0.39, 0.29) is 0 Å². The average molecular weight is 240 g/mol. The summed E-state index contributed by atoms with van der Waals surface area (Å²) in [6, 6.07) is 0.548. The maximum atomic E-state index is 6.00. The van der Waals surface area contributed by atoms with Gasteiger partial charge in [-0.05, 0) is 44.2 Å². The first-order chi connectivity index (χ1) is 8.12.